The van der Waals surface area contributed by atoms with Crippen LogP contribution >= 0.6 is 15.9 Å². The van der Waals surface area contributed by atoms with E-state index in [1.807, 2.05) is 37.3 Å². The fraction of sp³-hybridized carbons (Fsp3) is 0.278. The van der Waals surface area contributed by atoms with Gasteiger partial charge < -0.3 is 4.74 Å². The highest BCUT2D eigenvalue weighted by Crippen LogP contribution is 2.26. The lowest BCUT2D eigenvalue weighted by atomic mass is 10.1. The second kappa shape index (κ2) is 7.23. The van der Waals surface area contributed by atoms with Gasteiger partial charge >= 0.3 is 5.69 Å². The summed E-state index contributed by atoms with van der Waals surface area (Å²) < 4.78 is 9.60. The van der Waals surface area contributed by atoms with Gasteiger partial charge in [0, 0.05) is 17.1 Å². The summed E-state index contributed by atoms with van der Waals surface area (Å²) in [6.07, 6.45) is 0.874. The predicted molar refractivity (Wildman–Crippen MR) is 99.2 cm³/mol. The second-order valence-electron chi connectivity index (χ2n) is 5.76. The van der Waals surface area contributed by atoms with Gasteiger partial charge in [0.2, 0.25) is 0 Å². The molecular weight excluding hydrogens is 384 g/mol. The molecule has 0 N–H and O–H groups in total. The van der Waals surface area contributed by atoms with E-state index in [-0.39, 0.29) is 5.69 Å². The van der Waals surface area contributed by atoms with Gasteiger partial charge in [-0.2, -0.15) is 9.36 Å². The van der Waals surface area contributed by atoms with Crippen molar-refractivity contribution in [1.82, 2.24) is 19.8 Å². The largest absolute Gasteiger partial charge is 0.489 e. The van der Waals surface area contributed by atoms with Crippen LogP contribution in [0, 0.1) is 6.92 Å². The molecule has 1 aromatic heterocycles. The number of aryl methyl sites for hydroxylation is 3. The first kappa shape index (κ1) is 17.4. The van der Waals surface area contributed by atoms with Gasteiger partial charge in [0.15, 0.2) is 0 Å². The van der Waals surface area contributed by atoms with Crippen molar-refractivity contribution in [3.05, 3.63) is 68.0 Å². The molecule has 0 unspecified atom stereocenters. The van der Waals surface area contributed by atoms with Crippen LogP contribution in [0.3, 0.4) is 0 Å². The quantitative estimate of drug-likeness (QED) is 0.657. The normalized spacial score (nSPS) is 10.9. The van der Waals surface area contributed by atoms with Gasteiger partial charge in [-0.3, -0.25) is 0 Å². The van der Waals surface area contributed by atoms with Gasteiger partial charge in [-0.25, -0.2) is 4.79 Å². The molecule has 6 nitrogen and oxygen atoms in total. The molecule has 25 heavy (non-hydrogen) atoms. The Morgan fingerprint density at radius 1 is 1.20 bits per heavy atom. The summed E-state index contributed by atoms with van der Waals surface area (Å²) in [5.74, 6) is 0.839. The molecule has 0 aliphatic rings. The Bertz CT molecular complexity index is 962. The van der Waals surface area contributed by atoms with Gasteiger partial charge in [-0.05, 0) is 59.2 Å². The molecule has 3 aromatic rings. The van der Waals surface area contributed by atoms with Crippen LogP contribution in [0.1, 0.15) is 23.6 Å². The van der Waals surface area contributed by atoms with Crippen LogP contribution in [0.2, 0.25) is 0 Å². The number of hydrogen-bond donors (Lipinski definition) is 0. The third-order valence-corrected chi connectivity index (χ3v) is 4.60. The molecule has 0 aliphatic carbocycles. The maximum Gasteiger partial charge on any atom is 0.368 e. The van der Waals surface area contributed by atoms with Crippen LogP contribution in [0.5, 0.6) is 5.75 Å². The number of aromatic nitrogens is 4. The minimum Gasteiger partial charge on any atom is -0.489 e. The number of tetrazole rings is 1. The van der Waals surface area contributed by atoms with Gasteiger partial charge in [0.05, 0.1) is 5.69 Å². The zero-order valence-electron chi connectivity index (χ0n) is 14.4. The lowest BCUT2D eigenvalue weighted by Gasteiger charge is -2.15. The number of ether oxygens (including phenoxy) is 1. The summed E-state index contributed by atoms with van der Waals surface area (Å²) in [7, 11) is 1.58. The molecule has 1 heterocycles. The van der Waals surface area contributed by atoms with E-state index in [1.54, 1.807) is 7.05 Å². The van der Waals surface area contributed by atoms with Gasteiger partial charge in [0.25, 0.3) is 0 Å². The van der Waals surface area contributed by atoms with Crippen molar-refractivity contribution in [3.8, 4) is 11.4 Å². The Kier molecular flexibility index (Phi) is 5.03. The molecule has 0 amide bonds. The minimum atomic E-state index is -0.287. The maximum absolute atomic E-state index is 12.2. The standard InChI is InChI=1S/C18H19BrN4O2/c1-4-13-10-14(19)8-9-17(13)25-11-15-12(2)6-5-7-16(15)23-18(24)22(3)20-21-23/h5-10H,4,11H2,1-3H3. The van der Waals surface area contributed by atoms with Gasteiger partial charge in [-0.15, -0.1) is 0 Å². The maximum atomic E-state index is 12.2. The Balaban J connectivity index is 1.96. The second-order valence-corrected chi connectivity index (χ2v) is 6.68. The molecule has 130 valence electrons. The molecule has 2 aromatic carbocycles. The molecule has 0 fully saturated rings. The van der Waals surface area contributed by atoms with Gasteiger partial charge in [0.1, 0.15) is 12.4 Å². The van der Waals surface area contributed by atoms with E-state index in [0.717, 1.165) is 33.3 Å². The number of halogens is 1. The molecular formula is C18H19BrN4O2. The Morgan fingerprint density at radius 3 is 2.68 bits per heavy atom. The summed E-state index contributed by atoms with van der Waals surface area (Å²) in [5.41, 5.74) is 3.47. The average Bonchev–Trinajstić information content (AvgIpc) is 2.93. The summed E-state index contributed by atoms with van der Waals surface area (Å²) in [5, 5.41) is 7.73. The first-order valence-corrected chi connectivity index (χ1v) is 8.79. The number of rotatable bonds is 5. The van der Waals surface area contributed by atoms with Crippen molar-refractivity contribution >= 4 is 15.9 Å². The smallest absolute Gasteiger partial charge is 0.368 e. The highest BCUT2D eigenvalue weighted by Gasteiger charge is 2.14. The zero-order chi connectivity index (χ0) is 18.0. The van der Waals surface area contributed by atoms with Crippen LogP contribution in [-0.2, 0) is 20.1 Å². The molecule has 7 heteroatoms. The van der Waals surface area contributed by atoms with Crippen LogP contribution in [0.4, 0.5) is 0 Å². The lowest BCUT2D eigenvalue weighted by molar-refractivity contribution is 0.301. The highest BCUT2D eigenvalue weighted by atomic mass is 79.9. The van der Waals surface area contributed by atoms with Crippen LogP contribution in [-0.4, -0.2) is 19.8 Å². The van der Waals surface area contributed by atoms with Crippen molar-refractivity contribution in [1.29, 1.82) is 0 Å². The van der Waals surface area contributed by atoms with E-state index >= 15 is 0 Å². The van der Waals surface area contributed by atoms with E-state index in [2.05, 4.69) is 39.3 Å². The predicted octanol–water partition coefficient (Wildman–Crippen LogP) is 3.18. The molecule has 0 aliphatic heterocycles. The van der Waals surface area contributed by atoms with Crippen molar-refractivity contribution in [2.45, 2.75) is 26.9 Å². The third-order valence-electron chi connectivity index (χ3n) is 4.11. The summed E-state index contributed by atoms with van der Waals surface area (Å²) in [4.78, 5) is 12.2. The lowest BCUT2D eigenvalue weighted by Crippen LogP contribution is -2.23. The van der Waals surface area contributed by atoms with Crippen molar-refractivity contribution < 1.29 is 4.74 Å². The molecule has 0 atom stereocenters. The van der Waals surface area contributed by atoms with E-state index in [1.165, 1.54) is 9.36 Å². The molecule has 0 saturated heterocycles. The fourth-order valence-corrected chi connectivity index (χ4v) is 3.06. The van der Waals surface area contributed by atoms with Crippen LogP contribution in [0.25, 0.3) is 5.69 Å². The SMILES string of the molecule is CCc1cc(Br)ccc1OCc1c(C)cccc1-n1nnn(C)c1=O. The van der Waals surface area contributed by atoms with E-state index in [4.69, 9.17) is 4.74 Å². The van der Waals surface area contributed by atoms with Crippen LogP contribution < -0.4 is 10.4 Å². The molecule has 0 spiro atoms. The summed E-state index contributed by atoms with van der Waals surface area (Å²) in [6.45, 7) is 4.43. The van der Waals surface area contributed by atoms with Crippen molar-refractivity contribution in [2.75, 3.05) is 0 Å². The Morgan fingerprint density at radius 2 is 2.00 bits per heavy atom. The molecule has 3 rings (SSSR count). The fourth-order valence-electron chi connectivity index (χ4n) is 2.65. The van der Waals surface area contributed by atoms with E-state index in [0.29, 0.717) is 12.3 Å². The topological polar surface area (TPSA) is 61.9 Å². The van der Waals surface area contributed by atoms with Crippen molar-refractivity contribution in [3.63, 3.8) is 0 Å². The zero-order valence-corrected chi connectivity index (χ0v) is 15.9. The first-order valence-electron chi connectivity index (χ1n) is 8.00. The molecule has 0 saturated carbocycles. The number of hydrogen-bond acceptors (Lipinski definition) is 4. The number of nitrogens with zero attached hydrogens (tertiary/aromatic N) is 4. The summed E-state index contributed by atoms with van der Waals surface area (Å²) >= 11 is 3.49. The van der Waals surface area contributed by atoms with Crippen LogP contribution in [0.15, 0.2) is 45.7 Å². The summed E-state index contributed by atoms with van der Waals surface area (Å²) in [6, 6.07) is 11.7. The molecule has 0 radical (unpaired) electrons. The Hall–Kier alpha value is -2.41. The van der Waals surface area contributed by atoms with Gasteiger partial charge in [-0.1, -0.05) is 35.0 Å². The van der Waals surface area contributed by atoms with E-state index < -0.39 is 0 Å². The monoisotopic (exact) mass is 402 g/mol. The minimum absolute atomic E-state index is 0.287. The highest BCUT2D eigenvalue weighted by molar-refractivity contribution is 9.10. The number of benzene rings is 2. The van der Waals surface area contributed by atoms with Crippen molar-refractivity contribution in [2.24, 2.45) is 7.05 Å². The van der Waals surface area contributed by atoms with E-state index in [9.17, 15) is 4.79 Å². The third kappa shape index (κ3) is 3.51. The first-order chi connectivity index (χ1) is 12.0. The average molecular weight is 403 g/mol. The Labute approximate surface area is 154 Å². The molecule has 0 bridgehead atoms.